The molecule has 1 atom stereocenters. The van der Waals surface area contributed by atoms with Gasteiger partial charge in [0.05, 0.1) is 34.2 Å². The molecular weight excluding hydrogens is 655 g/mol. The molecule has 0 aliphatic carbocycles. The number of carbonyl (C=O) groups excluding carboxylic acids is 2. The molecule has 14 nitrogen and oxygen atoms in total. The lowest BCUT2D eigenvalue weighted by atomic mass is 10.1. The molecule has 2 aliphatic rings. The lowest BCUT2D eigenvalue weighted by Gasteiger charge is -2.33. The highest BCUT2D eigenvalue weighted by Crippen LogP contribution is 2.29. The number of rotatable bonds is 10. The van der Waals surface area contributed by atoms with Crippen LogP contribution < -0.4 is 20.9 Å². The quantitative estimate of drug-likeness (QED) is 0.283. The summed E-state index contributed by atoms with van der Waals surface area (Å²) in [5.74, 6) is -0.131. The Morgan fingerprint density at radius 2 is 1.84 bits per heavy atom. The zero-order chi connectivity index (χ0) is 35.3. The number of ether oxygens (including phenoxy) is 1. The van der Waals surface area contributed by atoms with E-state index in [0.29, 0.717) is 54.6 Å². The van der Waals surface area contributed by atoms with Crippen LogP contribution in [0.1, 0.15) is 58.4 Å². The Kier molecular flexibility index (Phi) is 10.7. The summed E-state index contributed by atoms with van der Waals surface area (Å²) in [5.41, 5.74) is 0.425. The molecule has 16 heteroatoms. The van der Waals surface area contributed by atoms with Gasteiger partial charge in [0, 0.05) is 50.9 Å². The van der Waals surface area contributed by atoms with Crippen LogP contribution in [0.2, 0.25) is 0 Å². The number of hydrogen-bond acceptors (Lipinski definition) is 9. The normalized spacial score (nSPS) is 17.4. The van der Waals surface area contributed by atoms with Crippen molar-refractivity contribution in [3.63, 3.8) is 0 Å². The number of anilines is 3. The van der Waals surface area contributed by atoms with Gasteiger partial charge in [-0.1, -0.05) is 6.07 Å². The number of halogens is 1. The number of amides is 2. The standard InChI is InChI=1S/C33H41FN8O6S/c1-33(2,3)48-32(45)40-15-12-23(13-16-40)38-30(43)8-5-14-41-21-36-27-10-9-24(18-25(27)31(41)44)37-28-6-4-7-29(26(28)19-35)39-49(46,47)42-17-11-22(34)20-42/h4,6-7,9-10,18,21-23,37,39H,5,8,11-17,20H2,1-3H3,(H,38,43)/t22-/m1/s1. The number of nitrogens with zero attached hydrogens (tertiary/aromatic N) is 5. The molecule has 262 valence electrons. The Balaban J connectivity index is 1.18. The maximum absolute atomic E-state index is 13.6. The summed E-state index contributed by atoms with van der Waals surface area (Å²) in [4.78, 5) is 44.3. The van der Waals surface area contributed by atoms with Crippen molar-refractivity contribution in [2.75, 3.05) is 36.2 Å². The van der Waals surface area contributed by atoms with E-state index in [1.54, 1.807) is 35.2 Å². The van der Waals surface area contributed by atoms with Crippen LogP contribution in [-0.2, 0) is 26.3 Å². The molecule has 3 heterocycles. The van der Waals surface area contributed by atoms with Crippen molar-refractivity contribution in [3.8, 4) is 6.07 Å². The molecule has 3 N–H and O–H groups in total. The second-order valence-corrected chi connectivity index (χ2v) is 14.9. The molecule has 0 spiro atoms. The van der Waals surface area contributed by atoms with Gasteiger partial charge in [-0.25, -0.2) is 14.2 Å². The first kappa shape index (κ1) is 35.6. The zero-order valence-electron chi connectivity index (χ0n) is 27.7. The average Bonchev–Trinajstić information content (AvgIpc) is 3.49. The molecule has 2 amide bonds. The van der Waals surface area contributed by atoms with Gasteiger partial charge < -0.3 is 20.3 Å². The van der Waals surface area contributed by atoms with Gasteiger partial charge in [0.15, 0.2) is 0 Å². The van der Waals surface area contributed by atoms with Gasteiger partial charge in [-0.15, -0.1) is 0 Å². The zero-order valence-corrected chi connectivity index (χ0v) is 28.6. The molecule has 2 saturated heterocycles. The number of nitriles is 1. The second-order valence-electron chi connectivity index (χ2n) is 13.2. The van der Waals surface area contributed by atoms with Gasteiger partial charge in [-0.05, 0) is 76.8 Å². The first-order valence-corrected chi connectivity index (χ1v) is 17.6. The lowest BCUT2D eigenvalue weighted by Crippen LogP contribution is -2.47. The Labute approximate surface area is 284 Å². The topological polar surface area (TPSA) is 179 Å². The minimum absolute atomic E-state index is 0.0256. The Bertz CT molecular complexity index is 1910. The predicted octanol–water partition coefficient (Wildman–Crippen LogP) is 4.01. The SMILES string of the molecule is CC(C)(C)OC(=O)N1CCC(NC(=O)CCCn2cnc3ccc(Nc4cccc(NS(=O)(=O)N5CC[C@@H](F)C5)c4C#N)cc3c2=O)CC1. The first-order chi connectivity index (χ1) is 23.2. The molecule has 0 radical (unpaired) electrons. The van der Waals surface area contributed by atoms with E-state index in [9.17, 15) is 32.5 Å². The van der Waals surface area contributed by atoms with Crippen LogP contribution in [-0.4, -0.2) is 83.2 Å². The Hall–Kier alpha value is -4.75. The third-order valence-electron chi connectivity index (χ3n) is 8.27. The Morgan fingerprint density at radius 3 is 2.51 bits per heavy atom. The summed E-state index contributed by atoms with van der Waals surface area (Å²) in [5, 5.41) is 16.3. The summed E-state index contributed by atoms with van der Waals surface area (Å²) in [6.45, 7) is 6.53. The molecule has 1 aromatic heterocycles. The molecule has 2 aliphatic heterocycles. The molecule has 0 saturated carbocycles. The minimum atomic E-state index is -4.07. The highest BCUT2D eigenvalue weighted by atomic mass is 32.2. The van der Waals surface area contributed by atoms with Crippen LogP contribution in [0.5, 0.6) is 0 Å². The summed E-state index contributed by atoms with van der Waals surface area (Å²) in [7, 11) is -4.07. The average molecular weight is 697 g/mol. The van der Waals surface area contributed by atoms with Crippen LogP contribution in [0.3, 0.4) is 0 Å². The van der Waals surface area contributed by atoms with Crippen LogP contribution in [0.4, 0.5) is 26.2 Å². The van der Waals surface area contributed by atoms with E-state index < -0.39 is 22.0 Å². The van der Waals surface area contributed by atoms with Crippen LogP contribution in [0.15, 0.2) is 47.5 Å². The van der Waals surface area contributed by atoms with Gasteiger partial charge in [0.1, 0.15) is 17.8 Å². The van der Waals surface area contributed by atoms with Crippen molar-refractivity contribution in [1.82, 2.24) is 24.1 Å². The van der Waals surface area contributed by atoms with Gasteiger partial charge >= 0.3 is 16.3 Å². The number of piperidine rings is 1. The summed E-state index contributed by atoms with van der Waals surface area (Å²) in [6, 6.07) is 11.5. The maximum atomic E-state index is 13.6. The highest BCUT2D eigenvalue weighted by Gasteiger charge is 2.32. The summed E-state index contributed by atoms with van der Waals surface area (Å²) < 4.78 is 49.5. The van der Waals surface area contributed by atoms with Gasteiger partial charge in [0.25, 0.3) is 5.56 Å². The molecule has 3 aromatic rings. The molecule has 0 bridgehead atoms. The van der Waals surface area contributed by atoms with Gasteiger partial charge in [0.2, 0.25) is 5.91 Å². The third-order valence-corrected chi connectivity index (χ3v) is 9.76. The number of benzene rings is 2. The number of hydrogen-bond donors (Lipinski definition) is 3. The van der Waals surface area contributed by atoms with Crippen molar-refractivity contribution in [2.45, 2.75) is 77.2 Å². The molecule has 49 heavy (non-hydrogen) atoms. The van der Waals surface area contributed by atoms with Crippen LogP contribution in [0.25, 0.3) is 10.9 Å². The molecule has 2 fully saturated rings. The van der Waals surface area contributed by atoms with E-state index in [4.69, 9.17) is 4.74 Å². The maximum Gasteiger partial charge on any atom is 0.410 e. The molecule has 0 unspecified atom stereocenters. The fourth-order valence-corrected chi connectivity index (χ4v) is 7.05. The fourth-order valence-electron chi connectivity index (χ4n) is 5.77. The van der Waals surface area contributed by atoms with Crippen molar-refractivity contribution in [1.29, 1.82) is 5.26 Å². The number of alkyl halides is 1. The smallest absolute Gasteiger partial charge is 0.410 e. The highest BCUT2D eigenvalue weighted by molar-refractivity contribution is 7.90. The summed E-state index contributed by atoms with van der Waals surface area (Å²) >= 11 is 0. The van der Waals surface area contributed by atoms with E-state index in [2.05, 4.69) is 20.3 Å². The number of aryl methyl sites for hydroxylation is 1. The van der Waals surface area contributed by atoms with Crippen molar-refractivity contribution >= 4 is 50.2 Å². The van der Waals surface area contributed by atoms with Crippen molar-refractivity contribution in [2.24, 2.45) is 0 Å². The molecule has 2 aromatic carbocycles. The monoisotopic (exact) mass is 696 g/mol. The number of aromatic nitrogens is 2. The van der Waals surface area contributed by atoms with E-state index in [-0.39, 0.29) is 67.3 Å². The fraction of sp³-hybridized carbons (Fsp3) is 0.485. The summed E-state index contributed by atoms with van der Waals surface area (Å²) in [6.07, 6.45) is 1.84. The third kappa shape index (κ3) is 9.04. The number of fused-ring (bicyclic) bond motifs is 1. The lowest BCUT2D eigenvalue weighted by molar-refractivity contribution is -0.122. The number of nitrogens with one attached hydrogen (secondary N) is 3. The van der Waals surface area contributed by atoms with E-state index in [1.165, 1.54) is 17.0 Å². The molecular formula is C33H41FN8O6S. The minimum Gasteiger partial charge on any atom is -0.444 e. The van der Waals surface area contributed by atoms with Crippen LogP contribution in [0, 0.1) is 11.3 Å². The van der Waals surface area contributed by atoms with Gasteiger partial charge in [-0.3, -0.25) is 18.9 Å². The predicted molar refractivity (Wildman–Crippen MR) is 182 cm³/mol. The van der Waals surface area contributed by atoms with Gasteiger partial charge in [-0.2, -0.15) is 18.0 Å². The van der Waals surface area contributed by atoms with Crippen molar-refractivity contribution in [3.05, 3.63) is 58.6 Å². The van der Waals surface area contributed by atoms with E-state index in [0.717, 1.165) is 4.31 Å². The van der Waals surface area contributed by atoms with Crippen LogP contribution >= 0.6 is 0 Å². The number of likely N-dealkylation sites (tertiary alicyclic amines) is 1. The largest absolute Gasteiger partial charge is 0.444 e. The van der Waals surface area contributed by atoms with E-state index >= 15 is 0 Å². The van der Waals surface area contributed by atoms with Crippen molar-refractivity contribution < 1.29 is 27.1 Å². The first-order valence-electron chi connectivity index (χ1n) is 16.2. The second kappa shape index (κ2) is 14.8. The van der Waals surface area contributed by atoms with E-state index in [1.807, 2.05) is 26.8 Å². The Morgan fingerprint density at radius 1 is 1.10 bits per heavy atom. The molecule has 5 rings (SSSR count). The number of carbonyl (C=O) groups is 2.